The minimum Gasteiger partial charge on any atom is -0.492 e. The molecule has 1 aliphatic rings. The fourth-order valence-corrected chi connectivity index (χ4v) is 2.38. The van der Waals surface area contributed by atoms with Crippen LogP contribution < -0.4 is 10.5 Å². The van der Waals surface area contributed by atoms with Crippen LogP contribution in [0.15, 0.2) is 24.3 Å². The molecule has 1 fully saturated rings. The Kier molecular flexibility index (Phi) is 4.75. The minimum atomic E-state index is -4.09. The van der Waals surface area contributed by atoms with Crippen LogP contribution >= 0.6 is 0 Å². The van der Waals surface area contributed by atoms with Crippen molar-refractivity contribution >= 4 is 5.69 Å². The first kappa shape index (κ1) is 15.0. The van der Waals surface area contributed by atoms with Crippen molar-refractivity contribution in [2.24, 2.45) is 5.92 Å². The number of rotatable bonds is 4. The van der Waals surface area contributed by atoms with Gasteiger partial charge in [-0.1, -0.05) is 0 Å². The molecule has 0 radical (unpaired) electrons. The number of nitrogens with zero attached hydrogens (tertiary/aromatic N) is 1. The van der Waals surface area contributed by atoms with Gasteiger partial charge in [-0.05, 0) is 43.7 Å². The maximum absolute atomic E-state index is 12.7. The summed E-state index contributed by atoms with van der Waals surface area (Å²) >= 11 is 0. The van der Waals surface area contributed by atoms with Gasteiger partial charge in [-0.2, -0.15) is 13.2 Å². The molecule has 0 saturated carbocycles. The van der Waals surface area contributed by atoms with Gasteiger partial charge in [0.2, 0.25) is 0 Å². The molecule has 1 unspecified atom stereocenters. The van der Waals surface area contributed by atoms with Crippen molar-refractivity contribution in [3.63, 3.8) is 0 Å². The predicted molar refractivity (Wildman–Crippen MR) is 71.6 cm³/mol. The van der Waals surface area contributed by atoms with Gasteiger partial charge in [0.1, 0.15) is 12.4 Å². The molecule has 2 N–H and O–H groups in total. The number of hydrogen-bond donors (Lipinski definition) is 1. The molecule has 1 aliphatic heterocycles. The van der Waals surface area contributed by atoms with E-state index in [1.807, 2.05) is 4.90 Å². The monoisotopic (exact) mass is 288 g/mol. The molecule has 0 spiro atoms. The quantitative estimate of drug-likeness (QED) is 0.866. The Morgan fingerprint density at radius 3 is 2.60 bits per heavy atom. The zero-order chi connectivity index (χ0) is 14.6. The second-order valence-corrected chi connectivity index (χ2v) is 5.10. The molecule has 1 aromatic rings. The number of benzene rings is 1. The molecule has 1 aromatic carbocycles. The molecule has 112 valence electrons. The van der Waals surface area contributed by atoms with E-state index in [0.29, 0.717) is 37.6 Å². The third kappa shape index (κ3) is 4.30. The highest BCUT2D eigenvalue weighted by molar-refractivity contribution is 5.41. The Labute approximate surface area is 116 Å². The van der Waals surface area contributed by atoms with Crippen LogP contribution in [0.3, 0.4) is 0 Å². The molecule has 1 heterocycles. The molecule has 1 saturated heterocycles. The number of halogens is 3. The number of hydrogen-bond acceptors (Lipinski definition) is 3. The van der Waals surface area contributed by atoms with E-state index in [1.165, 1.54) is 0 Å². The normalized spacial score (nSPS) is 20.9. The molecule has 20 heavy (non-hydrogen) atoms. The van der Waals surface area contributed by atoms with Crippen molar-refractivity contribution in [3.05, 3.63) is 24.3 Å². The first-order chi connectivity index (χ1) is 9.45. The summed E-state index contributed by atoms with van der Waals surface area (Å²) in [5, 5.41) is 0. The molecule has 1 atom stereocenters. The zero-order valence-electron chi connectivity index (χ0n) is 11.2. The highest BCUT2D eigenvalue weighted by atomic mass is 19.4. The average Bonchev–Trinajstić information content (AvgIpc) is 2.40. The van der Waals surface area contributed by atoms with Gasteiger partial charge < -0.3 is 10.5 Å². The van der Waals surface area contributed by atoms with Crippen molar-refractivity contribution in [2.45, 2.75) is 19.0 Å². The largest absolute Gasteiger partial charge is 0.492 e. The Morgan fingerprint density at radius 2 is 1.95 bits per heavy atom. The van der Waals surface area contributed by atoms with Gasteiger partial charge in [0.25, 0.3) is 0 Å². The number of anilines is 1. The summed E-state index contributed by atoms with van der Waals surface area (Å²) in [6, 6.07) is 6.97. The van der Waals surface area contributed by atoms with Crippen molar-refractivity contribution in [1.29, 1.82) is 0 Å². The molecule has 2 rings (SSSR count). The zero-order valence-corrected chi connectivity index (χ0v) is 11.2. The van der Waals surface area contributed by atoms with E-state index < -0.39 is 12.1 Å². The van der Waals surface area contributed by atoms with Crippen LogP contribution in [0, 0.1) is 5.92 Å². The highest BCUT2D eigenvalue weighted by Crippen LogP contribution is 2.32. The number of piperidine rings is 1. The summed E-state index contributed by atoms with van der Waals surface area (Å²) in [5.41, 5.74) is 6.21. The molecule has 0 aromatic heterocycles. The molecular formula is C14H19F3N2O. The van der Waals surface area contributed by atoms with Crippen molar-refractivity contribution in [1.82, 2.24) is 4.90 Å². The van der Waals surface area contributed by atoms with E-state index in [-0.39, 0.29) is 13.0 Å². The van der Waals surface area contributed by atoms with Crippen LogP contribution in [0.25, 0.3) is 0 Å². The smallest absolute Gasteiger partial charge is 0.393 e. The minimum absolute atomic E-state index is 0.0780. The summed E-state index contributed by atoms with van der Waals surface area (Å²) in [4.78, 5) is 1.82. The molecule has 3 nitrogen and oxygen atoms in total. The lowest BCUT2D eigenvalue weighted by Crippen LogP contribution is -2.43. The summed E-state index contributed by atoms with van der Waals surface area (Å²) in [6.45, 7) is 1.68. The Morgan fingerprint density at radius 1 is 1.25 bits per heavy atom. The van der Waals surface area contributed by atoms with Gasteiger partial charge in [-0.3, -0.25) is 4.90 Å². The van der Waals surface area contributed by atoms with Crippen LogP contribution in [0.1, 0.15) is 12.8 Å². The predicted octanol–water partition coefficient (Wildman–Crippen LogP) is 2.92. The van der Waals surface area contributed by atoms with E-state index in [4.69, 9.17) is 10.5 Å². The summed E-state index contributed by atoms with van der Waals surface area (Å²) in [7, 11) is 0. The third-order valence-corrected chi connectivity index (χ3v) is 3.52. The van der Waals surface area contributed by atoms with Crippen LogP contribution in [0.2, 0.25) is 0 Å². The van der Waals surface area contributed by atoms with Crippen LogP contribution in [0.5, 0.6) is 5.75 Å². The van der Waals surface area contributed by atoms with E-state index in [9.17, 15) is 13.2 Å². The van der Waals surface area contributed by atoms with Crippen molar-refractivity contribution in [3.8, 4) is 5.75 Å². The van der Waals surface area contributed by atoms with Gasteiger partial charge >= 0.3 is 6.18 Å². The Balaban J connectivity index is 1.75. The topological polar surface area (TPSA) is 38.5 Å². The van der Waals surface area contributed by atoms with Crippen molar-refractivity contribution < 1.29 is 17.9 Å². The summed E-state index contributed by atoms with van der Waals surface area (Å²) < 4.78 is 43.5. The lowest BCUT2D eigenvalue weighted by Gasteiger charge is -2.33. The fraction of sp³-hybridized carbons (Fsp3) is 0.571. The number of nitrogen functional groups attached to an aromatic ring is 1. The van der Waals surface area contributed by atoms with Gasteiger partial charge in [0, 0.05) is 18.8 Å². The molecular weight excluding hydrogens is 269 g/mol. The SMILES string of the molecule is Nc1ccc(OCCN2CCCC(C(F)(F)F)C2)cc1. The summed E-state index contributed by atoms with van der Waals surface area (Å²) in [5.74, 6) is -0.517. The van der Waals surface area contributed by atoms with Gasteiger partial charge in [-0.25, -0.2) is 0 Å². The lowest BCUT2D eigenvalue weighted by atomic mass is 9.98. The van der Waals surface area contributed by atoms with E-state index in [0.717, 1.165) is 0 Å². The number of likely N-dealkylation sites (tertiary alicyclic amines) is 1. The number of alkyl halides is 3. The maximum Gasteiger partial charge on any atom is 0.393 e. The highest BCUT2D eigenvalue weighted by Gasteiger charge is 2.41. The Bertz CT molecular complexity index is 419. The fourth-order valence-electron chi connectivity index (χ4n) is 2.38. The maximum atomic E-state index is 12.7. The Hall–Kier alpha value is -1.43. The third-order valence-electron chi connectivity index (χ3n) is 3.52. The van der Waals surface area contributed by atoms with E-state index in [1.54, 1.807) is 24.3 Å². The first-order valence-corrected chi connectivity index (χ1v) is 6.72. The van der Waals surface area contributed by atoms with Gasteiger partial charge in [-0.15, -0.1) is 0 Å². The second-order valence-electron chi connectivity index (χ2n) is 5.10. The van der Waals surface area contributed by atoms with Crippen LogP contribution in [0.4, 0.5) is 18.9 Å². The second kappa shape index (κ2) is 6.35. The standard InChI is InChI=1S/C14H19F3N2O/c15-14(16,17)11-2-1-7-19(10-11)8-9-20-13-5-3-12(18)4-6-13/h3-6,11H,1-2,7-10,18H2. The molecule has 0 amide bonds. The molecule has 0 bridgehead atoms. The van der Waals surface area contributed by atoms with Crippen LogP contribution in [-0.4, -0.2) is 37.3 Å². The number of ether oxygens (including phenoxy) is 1. The van der Waals surface area contributed by atoms with E-state index in [2.05, 4.69) is 0 Å². The van der Waals surface area contributed by atoms with Gasteiger partial charge in [0.05, 0.1) is 5.92 Å². The first-order valence-electron chi connectivity index (χ1n) is 6.72. The van der Waals surface area contributed by atoms with Gasteiger partial charge in [0.15, 0.2) is 0 Å². The lowest BCUT2D eigenvalue weighted by molar-refractivity contribution is -0.186. The number of nitrogens with two attached hydrogens (primary N) is 1. The van der Waals surface area contributed by atoms with Crippen molar-refractivity contribution in [2.75, 3.05) is 32.0 Å². The molecule has 6 heteroatoms. The summed E-state index contributed by atoms with van der Waals surface area (Å²) in [6.07, 6.45) is -3.26. The van der Waals surface area contributed by atoms with E-state index >= 15 is 0 Å². The van der Waals surface area contributed by atoms with Crippen LogP contribution in [-0.2, 0) is 0 Å². The molecule has 0 aliphatic carbocycles. The average molecular weight is 288 g/mol.